The number of epoxide rings is 1. The molecule has 11 heteroatoms. The minimum absolute atomic E-state index is 0.0573. The summed E-state index contributed by atoms with van der Waals surface area (Å²) in [6, 6.07) is 2.79. The molecular formula is C21H20ClF3N4O3. The highest BCUT2D eigenvalue weighted by molar-refractivity contribution is 6.36. The maximum Gasteiger partial charge on any atom is 0.433 e. The average Bonchev–Trinajstić information content (AvgIpc) is 3.66. The van der Waals surface area contributed by atoms with Gasteiger partial charge in [0.05, 0.1) is 22.7 Å². The molecule has 0 N–H and O–H groups in total. The second-order valence-electron chi connectivity index (χ2n) is 9.06. The zero-order valence-corrected chi connectivity index (χ0v) is 17.7. The quantitative estimate of drug-likeness (QED) is 0.649. The largest absolute Gasteiger partial charge is 0.433 e. The number of ether oxygens (including phenoxy) is 1. The molecule has 0 radical (unpaired) electrons. The first-order chi connectivity index (χ1) is 15.2. The van der Waals surface area contributed by atoms with E-state index in [4.69, 9.17) is 16.3 Å². The lowest BCUT2D eigenvalue weighted by atomic mass is 10.1. The predicted molar refractivity (Wildman–Crippen MR) is 106 cm³/mol. The molecule has 4 aliphatic rings. The molecule has 2 saturated carbocycles. The number of rotatable bonds is 3. The standard InChI is InChI=1S/C21H20ClF3N4O3/c22-18-13-5-11(10-1-2-10)6-16(21(23,24)25)29(13)26-19(18)20(31)27-3-4-28(17(30)9-27)12-7-14-15(8-12)32-14/h5-6,10,12,14-15H,1-4,7-9H2. The molecule has 170 valence electrons. The fourth-order valence-corrected chi connectivity index (χ4v) is 5.26. The summed E-state index contributed by atoms with van der Waals surface area (Å²) in [6.45, 7) is 0.509. The van der Waals surface area contributed by atoms with Gasteiger partial charge in [-0.15, -0.1) is 0 Å². The van der Waals surface area contributed by atoms with Gasteiger partial charge in [-0.05, 0) is 49.3 Å². The Labute approximate surface area is 186 Å². The molecular weight excluding hydrogens is 449 g/mol. The van der Waals surface area contributed by atoms with Gasteiger partial charge in [0.2, 0.25) is 5.91 Å². The minimum atomic E-state index is -4.65. The number of alkyl halides is 3. The molecule has 2 aromatic rings. The summed E-state index contributed by atoms with van der Waals surface area (Å²) >= 11 is 6.37. The van der Waals surface area contributed by atoms with Gasteiger partial charge in [-0.3, -0.25) is 9.59 Å². The van der Waals surface area contributed by atoms with Crippen LogP contribution in [0, 0.1) is 0 Å². The first kappa shape index (κ1) is 20.3. The Kier molecular flexibility index (Phi) is 4.33. The molecule has 0 spiro atoms. The van der Waals surface area contributed by atoms with Crippen LogP contribution < -0.4 is 0 Å². The van der Waals surface area contributed by atoms with Crippen molar-refractivity contribution in [1.82, 2.24) is 19.4 Å². The number of carbonyl (C=O) groups excluding carboxylic acids is 2. The van der Waals surface area contributed by atoms with Gasteiger partial charge >= 0.3 is 6.18 Å². The van der Waals surface area contributed by atoms with Gasteiger partial charge in [-0.25, -0.2) is 4.52 Å². The van der Waals surface area contributed by atoms with Gasteiger partial charge in [0.1, 0.15) is 12.2 Å². The number of nitrogens with zero attached hydrogens (tertiary/aromatic N) is 4. The summed E-state index contributed by atoms with van der Waals surface area (Å²) in [7, 11) is 0. The van der Waals surface area contributed by atoms with Crippen molar-refractivity contribution in [3.63, 3.8) is 0 Å². The number of hydrogen-bond donors (Lipinski definition) is 0. The minimum Gasteiger partial charge on any atom is -0.369 e. The lowest BCUT2D eigenvalue weighted by molar-refractivity contribution is -0.142. The number of amides is 2. The number of pyridine rings is 1. The molecule has 2 aliphatic carbocycles. The SMILES string of the molecule is O=C(c1nn2c(C(F)(F)F)cc(C3CC3)cc2c1Cl)N1CCN(C2CC3OC3C2)C(=O)C1. The fourth-order valence-electron chi connectivity index (χ4n) is 5.01. The van der Waals surface area contributed by atoms with Crippen LogP contribution in [0.15, 0.2) is 12.1 Å². The van der Waals surface area contributed by atoms with E-state index in [2.05, 4.69) is 5.10 Å². The van der Waals surface area contributed by atoms with Crippen molar-refractivity contribution in [2.45, 2.75) is 56.0 Å². The summed E-state index contributed by atoms with van der Waals surface area (Å²) in [6.07, 6.45) is -0.886. The van der Waals surface area contributed by atoms with Crippen LogP contribution in [0.5, 0.6) is 0 Å². The lowest BCUT2D eigenvalue weighted by Gasteiger charge is -2.38. The molecule has 7 nitrogen and oxygen atoms in total. The number of carbonyl (C=O) groups is 2. The molecule has 2 aromatic heterocycles. The molecule has 6 rings (SSSR count). The molecule has 2 atom stereocenters. The van der Waals surface area contributed by atoms with E-state index >= 15 is 0 Å². The Morgan fingerprint density at radius 2 is 1.88 bits per heavy atom. The van der Waals surface area contributed by atoms with Crippen molar-refractivity contribution in [2.75, 3.05) is 19.6 Å². The number of fused-ring (bicyclic) bond motifs is 2. The van der Waals surface area contributed by atoms with Gasteiger partial charge in [0.15, 0.2) is 5.69 Å². The predicted octanol–water partition coefficient (Wildman–Crippen LogP) is 3.10. The zero-order chi connectivity index (χ0) is 22.4. The summed E-state index contributed by atoms with van der Waals surface area (Å²) in [5.74, 6) is -0.739. The van der Waals surface area contributed by atoms with Crippen LogP contribution in [0.4, 0.5) is 13.2 Å². The van der Waals surface area contributed by atoms with Gasteiger partial charge in [-0.1, -0.05) is 11.6 Å². The van der Waals surface area contributed by atoms with Crippen molar-refractivity contribution in [2.24, 2.45) is 0 Å². The van der Waals surface area contributed by atoms with Crippen LogP contribution in [0.3, 0.4) is 0 Å². The summed E-state index contributed by atoms with van der Waals surface area (Å²) in [5, 5.41) is 3.82. The van der Waals surface area contributed by atoms with Crippen LogP contribution >= 0.6 is 11.6 Å². The van der Waals surface area contributed by atoms with Crippen LogP contribution in [0.25, 0.3) is 5.52 Å². The Hall–Kier alpha value is -2.33. The zero-order valence-electron chi connectivity index (χ0n) is 16.9. The molecule has 2 aliphatic heterocycles. The van der Waals surface area contributed by atoms with E-state index in [1.54, 1.807) is 11.0 Å². The molecule has 2 unspecified atom stereocenters. The average molecular weight is 469 g/mol. The Bertz CT molecular complexity index is 1140. The van der Waals surface area contributed by atoms with Crippen molar-refractivity contribution in [1.29, 1.82) is 0 Å². The number of aromatic nitrogens is 2. The van der Waals surface area contributed by atoms with E-state index in [9.17, 15) is 22.8 Å². The van der Waals surface area contributed by atoms with E-state index in [-0.39, 0.29) is 59.4 Å². The van der Waals surface area contributed by atoms with Crippen molar-refractivity contribution in [3.8, 4) is 0 Å². The molecule has 2 saturated heterocycles. The van der Waals surface area contributed by atoms with E-state index in [1.807, 2.05) is 0 Å². The number of piperazine rings is 1. The lowest BCUT2D eigenvalue weighted by Crippen LogP contribution is -2.55. The molecule has 0 aromatic carbocycles. The molecule has 4 heterocycles. The number of halogens is 4. The van der Waals surface area contributed by atoms with E-state index < -0.39 is 17.8 Å². The van der Waals surface area contributed by atoms with E-state index in [0.717, 1.165) is 31.7 Å². The number of hydrogen-bond acceptors (Lipinski definition) is 4. The third kappa shape index (κ3) is 3.26. The van der Waals surface area contributed by atoms with E-state index in [1.165, 1.54) is 4.90 Å². The fraction of sp³-hybridized carbons (Fsp3) is 0.571. The van der Waals surface area contributed by atoms with Crippen LogP contribution in [0.2, 0.25) is 5.02 Å². The summed E-state index contributed by atoms with van der Waals surface area (Å²) in [5.41, 5.74) is -0.613. The van der Waals surface area contributed by atoms with Crippen molar-refractivity contribution < 1.29 is 27.5 Å². The maximum absolute atomic E-state index is 13.7. The maximum atomic E-state index is 13.7. The normalized spacial score (nSPS) is 27.9. The molecule has 2 amide bonds. The summed E-state index contributed by atoms with van der Waals surface area (Å²) in [4.78, 5) is 28.9. The topological polar surface area (TPSA) is 70.5 Å². The summed E-state index contributed by atoms with van der Waals surface area (Å²) < 4.78 is 47.2. The molecule has 4 fully saturated rings. The second-order valence-corrected chi connectivity index (χ2v) is 9.44. The molecule has 0 bridgehead atoms. The smallest absolute Gasteiger partial charge is 0.369 e. The van der Waals surface area contributed by atoms with Crippen LogP contribution in [-0.2, 0) is 15.7 Å². The Morgan fingerprint density at radius 1 is 1.16 bits per heavy atom. The van der Waals surface area contributed by atoms with Crippen molar-refractivity contribution >= 4 is 28.9 Å². The van der Waals surface area contributed by atoms with Gasteiger partial charge < -0.3 is 14.5 Å². The van der Waals surface area contributed by atoms with Gasteiger partial charge in [-0.2, -0.15) is 18.3 Å². The van der Waals surface area contributed by atoms with Crippen LogP contribution in [0.1, 0.15) is 53.3 Å². The molecule has 32 heavy (non-hydrogen) atoms. The third-order valence-electron chi connectivity index (χ3n) is 6.92. The Balaban J connectivity index is 1.28. The Morgan fingerprint density at radius 3 is 2.50 bits per heavy atom. The monoisotopic (exact) mass is 468 g/mol. The van der Waals surface area contributed by atoms with Gasteiger partial charge in [0, 0.05) is 19.1 Å². The van der Waals surface area contributed by atoms with Gasteiger partial charge in [0.25, 0.3) is 5.91 Å². The first-order valence-electron chi connectivity index (χ1n) is 10.7. The third-order valence-corrected chi connectivity index (χ3v) is 7.29. The van der Waals surface area contributed by atoms with E-state index in [0.29, 0.717) is 16.6 Å². The first-order valence-corrected chi connectivity index (χ1v) is 11.1. The second kappa shape index (κ2) is 6.84. The highest BCUT2D eigenvalue weighted by Crippen LogP contribution is 2.44. The highest BCUT2D eigenvalue weighted by Gasteiger charge is 2.51. The van der Waals surface area contributed by atoms with Crippen LogP contribution in [-0.4, -0.2) is 69.1 Å². The highest BCUT2D eigenvalue weighted by atomic mass is 35.5. The van der Waals surface area contributed by atoms with Crippen molar-refractivity contribution in [3.05, 3.63) is 34.1 Å².